The Hall–Kier alpha value is -0.160. The highest BCUT2D eigenvalue weighted by atomic mass is 16.7. The Morgan fingerprint density at radius 1 is 1.27 bits per heavy atom. The van der Waals surface area contributed by atoms with E-state index in [-0.39, 0.29) is 18.5 Å². The second kappa shape index (κ2) is 2.71. The minimum Gasteiger partial charge on any atom is -0.368 e. The first-order valence-electron chi connectivity index (χ1n) is 3.86. The Labute approximate surface area is 65.1 Å². The molecule has 4 atom stereocenters. The van der Waals surface area contributed by atoms with Crippen LogP contribution in [0.25, 0.3) is 0 Å². The van der Waals surface area contributed by atoms with Gasteiger partial charge in [0.1, 0.15) is 6.10 Å². The zero-order chi connectivity index (χ0) is 7.84. The third kappa shape index (κ3) is 1.39. The van der Waals surface area contributed by atoms with E-state index in [1.807, 2.05) is 6.92 Å². The molecule has 0 aliphatic carbocycles. The van der Waals surface area contributed by atoms with Crippen molar-refractivity contribution in [2.24, 2.45) is 0 Å². The molecule has 11 heavy (non-hydrogen) atoms. The molecule has 2 aliphatic rings. The summed E-state index contributed by atoms with van der Waals surface area (Å²) in [5, 5.41) is 9.08. The fraction of sp³-hybridized carbons (Fsp3) is 1.00. The van der Waals surface area contributed by atoms with Crippen molar-refractivity contribution in [3.05, 3.63) is 0 Å². The molecule has 2 saturated heterocycles. The molecule has 1 N–H and O–H groups in total. The van der Waals surface area contributed by atoms with Crippen LogP contribution in [0.4, 0.5) is 0 Å². The number of ether oxygens (including phenoxy) is 3. The molecule has 2 fully saturated rings. The van der Waals surface area contributed by atoms with Gasteiger partial charge in [-0.05, 0) is 6.92 Å². The first-order valence-corrected chi connectivity index (χ1v) is 3.86. The lowest BCUT2D eigenvalue weighted by Gasteiger charge is -2.26. The average molecular weight is 160 g/mol. The minimum absolute atomic E-state index is 0.0217. The van der Waals surface area contributed by atoms with Crippen LogP contribution >= 0.6 is 0 Å². The van der Waals surface area contributed by atoms with Gasteiger partial charge in [0.2, 0.25) is 0 Å². The molecule has 0 amide bonds. The standard InChI is InChI=1S/C7H12O4/c1-4-10-5-2-7(8)9-3-6(5)11-4/h4-8H,2-3H2,1H3/t4-,5-,6+,7?/m0/s1. The molecule has 0 aromatic heterocycles. The predicted octanol–water partition coefficient (Wildman–Crippen LogP) is -0.145. The second-order valence-corrected chi connectivity index (χ2v) is 2.94. The van der Waals surface area contributed by atoms with E-state index >= 15 is 0 Å². The molecule has 0 saturated carbocycles. The maximum atomic E-state index is 9.08. The molecule has 0 bridgehead atoms. The minimum atomic E-state index is -0.676. The van der Waals surface area contributed by atoms with Crippen LogP contribution in [0.2, 0.25) is 0 Å². The number of aliphatic hydroxyl groups is 1. The SMILES string of the molecule is C[C@H]1O[C@H]2CC(O)OC[C@H]2O1. The van der Waals surface area contributed by atoms with Crippen LogP contribution in [0.5, 0.6) is 0 Å². The summed E-state index contributed by atoms with van der Waals surface area (Å²) in [5.41, 5.74) is 0. The van der Waals surface area contributed by atoms with Crippen molar-refractivity contribution in [2.75, 3.05) is 6.61 Å². The molecule has 1 unspecified atom stereocenters. The van der Waals surface area contributed by atoms with E-state index in [1.54, 1.807) is 0 Å². The molecule has 0 aromatic carbocycles. The van der Waals surface area contributed by atoms with E-state index in [1.165, 1.54) is 0 Å². The zero-order valence-electron chi connectivity index (χ0n) is 6.40. The van der Waals surface area contributed by atoms with Gasteiger partial charge in [0, 0.05) is 6.42 Å². The highest BCUT2D eigenvalue weighted by Gasteiger charge is 2.39. The van der Waals surface area contributed by atoms with Crippen molar-refractivity contribution < 1.29 is 19.3 Å². The molecule has 2 heterocycles. The van der Waals surface area contributed by atoms with Crippen molar-refractivity contribution in [3.63, 3.8) is 0 Å². The Balaban J connectivity index is 1.97. The summed E-state index contributed by atoms with van der Waals surface area (Å²) in [7, 11) is 0. The summed E-state index contributed by atoms with van der Waals surface area (Å²) in [5.74, 6) is 0. The van der Waals surface area contributed by atoms with Gasteiger partial charge in [0.25, 0.3) is 0 Å². The zero-order valence-corrected chi connectivity index (χ0v) is 6.40. The predicted molar refractivity (Wildman–Crippen MR) is 35.8 cm³/mol. The normalized spacial score (nSPS) is 50.7. The van der Waals surface area contributed by atoms with Crippen LogP contribution in [0, 0.1) is 0 Å². The second-order valence-electron chi connectivity index (χ2n) is 2.94. The molecule has 4 heteroatoms. The molecular weight excluding hydrogens is 148 g/mol. The third-order valence-electron chi connectivity index (χ3n) is 2.03. The molecule has 64 valence electrons. The van der Waals surface area contributed by atoms with Crippen LogP contribution in [0.15, 0.2) is 0 Å². The largest absolute Gasteiger partial charge is 0.368 e. The summed E-state index contributed by atoms with van der Waals surface area (Å²) < 4.78 is 15.7. The van der Waals surface area contributed by atoms with Crippen molar-refractivity contribution in [3.8, 4) is 0 Å². The lowest BCUT2D eigenvalue weighted by Crippen LogP contribution is -2.39. The summed E-state index contributed by atoms with van der Waals surface area (Å²) in [6.07, 6.45) is -0.263. The number of hydrogen-bond donors (Lipinski definition) is 1. The highest BCUT2D eigenvalue weighted by molar-refractivity contribution is 4.80. The molecular formula is C7H12O4. The van der Waals surface area contributed by atoms with Crippen LogP contribution in [-0.2, 0) is 14.2 Å². The van der Waals surface area contributed by atoms with E-state index in [0.717, 1.165) is 0 Å². The highest BCUT2D eigenvalue weighted by Crippen LogP contribution is 2.26. The number of fused-ring (bicyclic) bond motifs is 1. The number of rotatable bonds is 0. The Kier molecular flexibility index (Phi) is 1.85. The fourth-order valence-electron chi connectivity index (χ4n) is 1.53. The average Bonchev–Trinajstić information content (AvgIpc) is 2.27. The fourth-order valence-corrected chi connectivity index (χ4v) is 1.53. The molecule has 4 nitrogen and oxygen atoms in total. The van der Waals surface area contributed by atoms with E-state index in [9.17, 15) is 0 Å². The molecule has 0 spiro atoms. The van der Waals surface area contributed by atoms with Crippen LogP contribution in [-0.4, -0.2) is 36.5 Å². The number of hydrogen-bond acceptors (Lipinski definition) is 4. The summed E-state index contributed by atoms with van der Waals surface area (Å²) >= 11 is 0. The Morgan fingerprint density at radius 2 is 2.00 bits per heavy atom. The smallest absolute Gasteiger partial charge is 0.157 e. The first kappa shape index (κ1) is 7.49. The van der Waals surface area contributed by atoms with Crippen molar-refractivity contribution >= 4 is 0 Å². The molecule has 2 aliphatic heterocycles. The lowest BCUT2D eigenvalue weighted by atomic mass is 10.1. The summed E-state index contributed by atoms with van der Waals surface area (Å²) in [6, 6.07) is 0. The van der Waals surface area contributed by atoms with Crippen molar-refractivity contribution in [1.29, 1.82) is 0 Å². The summed E-state index contributed by atoms with van der Waals surface area (Å²) in [6.45, 7) is 2.29. The van der Waals surface area contributed by atoms with Crippen LogP contribution in [0.3, 0.4) is 0 Å². The van der Waals surface area contributed by atoms with Gasteiger partial charge in [-0.1, -0.05) is 0 Å². The van der Waals surface area contributed by atoms with Gasteiger partial charge in [0.15, 0.2) is 12.6 Å². The maximum absolute atomic E-state index is 9.08. The van der Waals surface area contributed by atoms with Gasteiger partial charge in [-0.25, -0.2) is 0 Å². The van der Waals surface area contributed by atoms with Crippen molar-refractivity contribution in [2.45, 2.75) is 38.1 Å². The Morgan fingerprint density at radius 3 is 2.82 bits per heavy atom. The van der Waals surface area contributed by atoms with E-state index in [4.69, 9.17) is 19.3 Å². The van der Waals surface area contributed by atoms with Gasteiger partial charge < -0.3 is 19.3 Å². The Bertz CT molecular complexity index is 149. The topological polar surface area (TPSA) is 47.9 Å². The lowest BCUT2D eigenvalue weighted by molar-refractivity contribution is -0.166. The van der Waals surface area contributed by atoms with E-state index in [0.29, 0.717) is 13.0 Å². The monoisotopic (exact) mass is 160 g/mol. The van der Waals surface area contributed by atoms with Crippen LogP contribution in [0.1, 0.15) is 13.3 Å². The molecule has 2 rings (SSSR count). The molecule has 0 aromatic rings. The molecule has 0 radical (unpaired) electrons. The first-order chi connectivity index (χ1) is 5.25. The van der Waals surface area contributed by atoms with E-state index < -0.39 is 6.29 Å². The van der Waals surface area contributed by atoms with Crippen molar-refractivity contribution in [1.82, 2.24) is 0 Å². The van der Waals surface area contributed by atoms with Gasteiger partial charge in [-0.3, -0.25) is 0 Å². The van der Waals surface area contributed by atoms with Crippen LogP contribution < -0.4 is 0 Å². The van der Waals surface area contributed by atoms with Gasteiger partial charge in [-0.2, -0.15) is 0 Å². The van der Waals surface area contributed by atoms with Gasteiger partial charge in [-0.15, -0.1) is 0 Å². The van der Waals surface area contributed by atoms with Gasteiger partial charge >= 0.3 is 0 Å². The summed E-state index contributed by atoms with van der Waals surface area (Å²) in [4.78, 5) is 0. The third-order valence-corrected chi connectivity index (χ3v) is 2.03. The van der Waals surface area contributed by atoms with E-state index in [2.05, 4.69) is 0 Å². The quantitative estimate of drug-likeness (QED) is 0.535. The number of aliphatic hydroxyl groups excluding tert-OH is 1. The van der Waals surface area contributed by atoms with Gasteiger partial charge in [0.05, 0.1) is 12.7 Å². The maximum Gasteiger partial charge on any atom is 0.157 e.